The Morgan fingerprint density at radius 1 is 1.20 bits per heavy atom. The van der Waals surface area contributed by atoms with Crippen molar-refractivity contribution in [1.82, 2.24) is 9.55 Å². The summed E-state index contributed by atoms with van der Waals surface area (Å²) in [6.45, 7) is 4.58. The summed E-state index contributed by atoms with van der Waals surface area (Å²) >= 11 is 1.48. The molecule has 0 amide bonds. The number of hydrogen-bond acceptors (Lipinski definition) is 5. The van der Waals surface area contributed by atoms with Crippen LogP contribution in [0.15, 0.2) is 46.6 Å². The third-order valence-corrected chi connectivity index (χ3v) is 4.62. The second-order valence-corrected chi connectivity index (χ2v) is 6.65. The lowest BCUT2D eigenvalue weighted by Gasteiger charge is -2.20. The van der Waals surface area contributed by atoms with Crippen LogP contribution in [0.3, 0.4) is 0 Å². The predicted octanol–water partition coefficient (Wildman–Crippen LogP) is 3.41. The lowest BCUT2D eigenvalue weighted by molar-refractivity contribution is 0.399. The van der Waals surface area contributed by atoms with Gasteiger partial charge in [0.1, 0.15) is 10.7 Å². The highest BCUT2D eigenvalue weighted by Gasteiger charge is 2.20. The highest BCUT2D eigenvalue weighted by Crippen LogP contribution is 2.22. The average molecular weight is 362 g/mol. The first-order valence-electron chi connectivity index (χ1n) is 7.80. The number of aromatic nitrogens is 2. The molecule has 5 nitrogen and oxygen atoms in total. The number of rotatable bonds is 4. The van der Waals surface area contributed by atoms with Gasteiger partial charge in [-0.2, -0.15) is 0 Å². The number of hydrogen-bond donors (Lipinski definition) is 2. The molecule has 0 aliphatic carbocycles. The second kappa shape index (κ2) is 9.46. The summed E-state index contributed by atoms with van der Waals surface area (Å²) in [6.07, 6.45) is 0. The molecule has 0 radical (unpaired) electrons. The quantitative estimate of drug-likeness (QED) is 0.746. The Hall–Kier alpha value is -2.02. The molecular formula is C19H27N3O2S. The molecule has 1 unspecified atom stereocenters. The van der Waals surface area contributed by atoms with Crippen LogP contribution in [0.2, 0.25) is 0 Å². The fourth-order valence-corrected chi connectivity index (χ4v) is 3.20. The van der Waals surface area contributed by atoms with E-state index in [2.05, 4.69) is 4.98 Å². The van der Waals surface area contributed by atoms with E-state index in [9.17, 15) is 4.79 Å². The zero-order chi connectivity index (χ0) is 17.7. The summed E-state index contributed by atoms with van der Waals surface area (Å²) in [4.78, 5) is 18.2. The van der Waals surface area contributed by atoms with E-state index in [0.717, 1.165) is 17.5 Å². The van der Waals surface area contributed by atoms with Crippen molar-refractivity contribution < 1.29 is 5.11 Å². The third-order valence-electron chi connectivity index (χ3n) is 3.81. The monoisotopic (exact) mass is 361 g/mol. The van der Waals surface area contributed by atoms with E-state index in [1.54, 1.807) is 4.57 Å². The van der Waals surface area contributed by atoms with Crippen LogP contribution in [0.25, 0.3) is 10.2 Å². The fraction of sp³-hybridized carbons (Fsp3) is 0.368. The summed E-state index contributed by atoms with van der Waals surface area (Å²) in [5.74, 6) is 0.880. The Morgan fingerprint density at radius 3 is 2.44 bits per heavy atom. The summed E-state index contributed by atoms with van der Waals surface area (Å²) in [6, 6.07) is 11.5. The number of benzene rings is 1. The van der Waals surface area contributed by atoms with E-state index in [1.165, 1.54) is 11.3 Å². The van der Waals surface area contributed by atoms with Crippen LogP contribution in [0, 0.1) is 5.92 Å². The fourth-order valence-electron chi connectivity index (χ4n) is 2.44. The molecule has 0 fully saturated rings. The smallest absolute Gasteiger partial charge is 0.262 e. The van der Waals surface area contributed by atoms with Gasteiger partial charge in [0.05, 0.1) is 18.0 Å². The highest BCUT2D eigenvalue weighted by atomic mass is 32.1. The van der Waals surface area contributed by atoms with Crippen molar-refractivity contribution >= 4 is 21.6 Å². The van der Waals surface area contributed by atoms with Gasteiger partial charge in [0.25, 0.3) is 5.56 Å². The van der Waals surface area contributed by atoms with Crippen molar-refractivity contribution in [3.63, 3.8) is 0 Å². The van der Waals surface area contributed by atoms with E-state index in [-0.39, 0.29) is 24.9 Å². The maximum atomic E-state index is 12.8. The van der Waals surface area contributed by atoms with Gasteiger partial charge in [0.15, 0.2) is 0 Å². The lowest BCUT2D eigenvalue weighted by Crippen LogP contribution is -2.31. The van der Waals surface area contributed by atoms with E-state index in [1.807, 2.05) is 55.6 Å². The van der Waals surface area contributed by atoms with Crippen LogP contribution in [0.4, 0.5) is 0 Å². The van der Waals surface area contributed by atoms with E-state index < -0.39 is 0 Å². The molecule has 1 aromatic carbocycles. The first-order chi connectivity index (χ1) is 11.6. The highest BCUT2D eigenvalue weighted by molar-refractivity contribution is 7.16. The van der Waals surface area contributed by atoms with Gasteiger partial charge in [-0.15, -0.1) is 11.3 Å². The normalized spacial score (nSPS) is 11.6. The van der Waals surface area contributed by atoms with Gasteiger partial charge in [-0.3, -0.25) is 9.36 Å². The van der Waals surface area contributed by atoms with Crippen LogP contribution < -0.4 is 11.3 Å². The second-order valence-electron chi connectivity index (χ2n) is 5.76. The molecule has 136 valence electrons. The van der Waals surface area contributed by atoms with Gasteiger partial charge < -0.3 is 10.8 Å². The summed E-state index contributed by atoms with van der Waals surface area (Å²) in [7, 11) is 1.00. The Morgan fingerprint density at radius 2 is 1.84 bits per heavy atom. The van der Waals surface area contributed by atoms with Gasteiger partial charge in [-0.1, -0.05) is 51.6 Å². The van der Waals surface area contributed by atoms with Gasteiger partial charge in [0.2, 0.25) is 0 Å². The summed E-state index contributed by atoms with van der Waals surface area (Å²) in [5.41, 5.74) is 7.36. The molecule has 6 heteroatoms. The Kier molecular flexibility index (Phi) is 7.96. The summed E-state index contributed by atoms with van der Waals surface area (Å²) in [5, 5.41) is 9.57. The van der Waals surface area contributed by atoms with Gasteiger partial charge in [-0.05, 0) is 22.9 Å². The molecule has 0 saturated carbocycles. The zero-order valence-electron chi connectivity index (χ0n) is 14.1. The number of fused-ring (bicyclic) bond motifs is 1. The van der Waals surface area contributed by atoms with Crippen molar-refractivity contribution in [2.45, 2.75) is 33.9 Å². The molecule has 3 rings (SSSR count). The van der Waals surface area contributed by atoms with Gasteiger partial charge in [-0.25, -0.2) is 4.98 Å². The molecule has 3 N–H and O–H groups in total. The minimum Gasteiger partial charge on any atom is -0.400 e. The predicted molar refractivity (Wildman–Crippen MR) is 106 cm³/mol. The molecule has 25 heavy (non-hydrogen) atoms. The van der Waals surface area contributed by atoms with E-state index in [4.69, 9.17) is 10.8 Å². The van der Waals surface area contributed by atoms with Crippen LogP contribution in [0.5, 0.6) is 0 Å². The molecule has 0 aliphatic heterocycles. The first kappa shape index (κ1) is 21.0. The maximum absolute atomic E-state index is 12.8. The zero-order valence-corrected chi connectivity index (χ0v) is 15.0. The van der Waals surface area contributed by atoms with Crippen LogP contribution >= 0.6 is 11.3 Å². The number of nitrogens with two attached hydrogens (primary N) is 1. The molecular weight excluding hydrogens is 334 g/mol. The molecule has 1 atom stereocenters. The topological polar surface area (TPSA) is 81.1 Å². The Bertz CT molecular complexity index is 841. The molecule has 0 aliphatic rings. The van der Waals surface area contributed by atoms with Crippen molar-refractivity contribution in [2.75, 3.05) is 7.11 Å². The minimum atomic E-state index is -0.261. The van der Waals surface area contributed by atoms with Crippen LogP contribution in [0.1, 0.15) is 38.7 Å². The van der Waals surface area contributed by atoms with Crippen LogP contribution in [-0.2, 0) is 6.54 Å². The first-order valence-corrected chi connectivity index (χ1v) is 8.68. The van der Waals surface area contributed by atoms with Crippen molar-refractivity contribution in [3.05, 3.63) is 63.5 Å². The molecule has 3 aromatic rings. The van der Waals surface area contributed by atoms with Crippen molar-refractivity contribution in [3.8, 4) is 0 Å². The van der Waals surface area contributed by atoms with Crippen molar-refractivity contribution in [2.24, 2.45) is 11.7 Å². The number of aliphatic hydroxyl groups excluding tert-OH is 1. The number of thiophene rings is 1. The molecule has 2 aromatic heterocycles. The van der Waals surface area contributed by atoms with E-state index >= 15 is 0 Å². The van der Waals surface area contributed by atoms with Gasteiger partial charge >= 0.3 is 0 Å². The molecule has 2 heterocycles. The standard InChI is InChI=1S/C17H19N3OS.CH4O.CH4/c1-11(2)14(18)15-19-16-13(8-9-22-16)17(21)20(15)10-12-6-4-3-5-7-12;1-2;/h3-9,11,14H,10,18H2,1-2H3;2H,1H3;1H4. The largest absolute Gasteiger partial charge is 0.400 e. The molecule has 0 bridgehead atoms. The maximum Gasteiger partial charge on any atom is 0.262 e. The van der Waals surface area contributed by atoms with Crippen LogP contribution in [-0.4, -0.2) is 21.8 Å². The third kappa shape index (κ3) is 4.54. The summed E-state index contributed by atoms with van der Waals surface area (Å²) < 4.78 is 1.72. The average Bonchev–Trinajstić information content (AvgIpc) is 3.08. The number of nitrogens with zero attached hydrogens (tertiary/aromatic N) is 2. The molecule has 0 spiro atoms. The Labute approximate surface area is 152 Å². The Balaban J connectivity index is 0.00000101. The minimum absolute atomic E-state index is 0. The van der Waals surface area contributed by atoms with E-state index in [0.29, 0.717) is 17.8 Å². The molecule has 0 saturated heterocycles. The lowest BCUT2D eigenvalue weighted by atomic mass is 10.0. The SMILES string of the molecule is C.CC(C)C(N)c1nc2sccc2c(=O)n1Cc1ccccc1.CO. The van der Waals surface area contributed by atoms with Gasteiger partial charge in [0, 0.05) is 7.11 Å². The van der Waals surface area contributed by atoms with Crippen molar-refractivity contribution in [1.29, 1.82) is 0 Å². The number of aliphatic hydroxyl groups is 1.